The van der Waals surface area contributed by atoms with E-state index in [1.807, 2.05) is 0 Å². The number of amides is 1. The van der Waals surface area contributed by atoms with Gasteiger partial charge < -0.3 is 20.3 Å². The van der Waals surface area contributed by atoms with Gasteiger partial charge in [0.15, 0.2) is 0 Å². The van der Waals surface area contributed by atoms with Crippen molar-refractivity contribution < 1.29 is 19.7 Å². The average Bonchev–Trinajstić information content (AvgIpc) is 2.83. The third kappa shape index (κ3) is 4.27. The standard InChI is InChI=1S/C11H17N3O4.Na.H/c15-6-8-5-14(13-10(8)7-16)11(17)12-9-1-3-18-4-2-9;;/h5,9,15-16H,1-4,6-7H2,(H,12,17);;. The first-order valence-electron chi connectivity index (χ1n) is 5.92. The van der Waals surface area contributed by atoms with E-state index in [1.54, 1.807) is 0 Å². The van der Waals surface area contributed by atoms with E-state index in [0.717, 1.165) is 17.5 Å². The number of nitrogens with zero attached hydrogens (tertiary/aromatic N) is 2. The summed E-state index contributed by atoms with van der Waals surface area (Å²) in [6, 6.07) is -0.262. The predicted molar refractivity (Wildman–Crippen MR) is 69.0 cm³/mol. The molecule has 1 fully saturated rings. The summed E-state index contributed by atoms with van der Waals surface area (Å²) in [5.74, 6) is 0. The Morgan fingerprint density at radius 3 is 2.63 bits per heavy atom. The van der Waals surface area contributed by atoms with Crippen LogP contribution >= 0.6 is 0 Å². The normalized spacial score (nSPS) is 15.9. The van der Waals surface area contributed by atoms with Crippen molar-refractivity contribution >= 4 is 35.6 Å². The second-order valence-corrected chi connectivity index (χ2v) is 4.20. The summed E-state index contributed by atoms with van der Waals surface area (Å²) in [6.07, 6.45) is 3.00. The third-order valence-corrected chi connectivity index (χ3v) is 2.95. The maximum absolute atomic E-state index is 11.9. The van der Waals surface area contributed by atoms with Gasteiger partial charge in [-0.25, -0.2) is 4.79 Å². The molecule has 1 aliphatic rings. The number of ether oxygens (including phenoxy) is 1. The first-order chi connectivity index (χ1) is 8.74. The molecule has 0 atom stereocenters. The average molecular weight is 279 g/mol. The molecule has 3 N–H and O–H groups in total. The van der Waals surface area contributed by atoms with E-state index in [9.17, 15) is 4.79 Å². The molecule has 1 saturated heterocycles. The number of rotatable bonds is 3. The van der Waals surface area contributed by atoms with Gasteiger partial charge in [-0.3, -0.25) is 0 Å². The Balaban J connectivity index is 0.00000180. The fourth-order valence-corrected chi connectivity index (χ4v) is 1.90. The zero-order valence-corrected chi connectivity index (χ0v) is 10.0. The number of nitrogens with one attached hydrogen (secondary N) is 1. The van der Waals surface area contributed by atoms with Gasteiger partial charge in [0.2, 0.25) is 0 Å². The van der Waals surface area contributed by atoms with Crippen LogP contribution in [0.4, 0.5) is 4.79 Å². The molecule has 19 heavy (non-hydrogen) atoms. The molecule has 1 aromatic rings. The molecule has 0 radical (unpaired) electrons. The second-order valence-electron chi connectivity index (χ2n) is 4.20. The molecular formula is C11H18N3NaO4. The summed E-state index contributed by atoms with van der Waals surface area (Å²) in [6.45, 7) is 0.746. The molecule has 1 aliphatic heterocycles. The molecule has 0 aromatic carbocycles. The summed E-state index contributed by atoms with van der Waals surface area (Å²) in [5.41, 5.74) is 0.777. The van der Waals surface area contributed by atoms with Gasteiger partial charge in [0.1, 0.15) is 0 Å². The number of aromatic nitrogens is 2. The van der Waals surface area contributed by atoms with Crippen LogP contribution in [0.25, 0.3) is 0 Å². The zero-order chi connectivity index (χ0) is 13.0. The molecule has 8 heteroatoms. The van der Waals surface area contributed by atoms with E-state index in [2.05, 4.69) is 10.4 Å². The van der Waals surface area contributed by atoms with Crippen molar-refractivity contribution in [2.24, 2.45) is 0 Å². The van der Waals surface area contributed by atoms with Crippen LogP contribution in [0.1, 0.15) is 24.1 Å². The molecule has 0 aliphatic carbocycles. The first-order valence-corrected chi connectivity index (χ1v) is 5.92. The van der Waals surface area contributed by atoms with Crippen molar-refractivity contribution in [3.05, 3.63) is 17.5 Å². The summed E-state index contributed by atoms with van der Waals surface area (Å²) in [4.78, 5) is 11.9. The van der Waals surface area contributed by atoms with E-state index in [4.69, 9.17) is 14.9 Å². The van der Waals surface area contributed by atoms with Crippen molar-refractivity contribution in [2.45, 2.75) is 32.1 Å². The summed E-state index contributed by atoms with van der Waals surface area (Å²) < 4.78 is 6.32. The second kappa shape index (κ2) is 7.98. The van der Waals surface area contributed by atoms with E-state index in [0.29, 0.717) is 24.5 Å². The predicted octanol–water partition coefficient (Wildman–Crippen LogP) is -1.04. The first kappa shape index (κ1) is 16.6. The molecule has 0 bridgehead atoms. The van der Waals surface area contributed by atoms with E-state index in [1.165, 1.54) is 6.20 Å². The summed E-state index contributed by atoms with van der Waals surface area (Å²) >= 11 is 0. The van der Waals surface area contributed by atoms with Gasteiger partial charge in [-0.15, -0.1) is 0 Å². The van der Waals surface area contributed by atoms with Gasteiger partial charge in [-0.2, -0.15) is 9.78 Å². The van der Waals surface area contributed by atoms with Gasteiger partial charge in [0.05, 0.1) is 18.9 Å². The van der Waals surface area contributed by atoms with Crippen LogP contribution in [-0.4, -0.2) is 74.8 Å². The van der Waals surface area contributed by atoms with Crippen LogP contribution in [-0.2, 0) is 18.0 Å². The maximum atomic E-state index is 11.9. The van der Waals surface area contributed by atoms with Gasteiger partial charge >= 0.3 is 35.6 Å². The Kier molecular flexibility index (Phi) is 6.98. The van der Waals surface area contributed by atoms with Crippen molar-refractivity contribution in [1.82, 2.24) is 15.1 Å². The van der Waals surface area contributed by atoms with Crippen molar-refractivity contribution in [3.63, 3.8) is 0 Å². The van der Waals surface area contributed by atoms with Crippen LogP contribution in [0.3, 0.4) is 0 Å². The fourth-order valence-electron chi connectivity index (χ4n) is 1.90. The van der Waals surface area contributed by atoms with Crippen LogP contribution in [0.2, 0.25) is 0 Å². The molecule has 2 rings (SSSR count). The molecular weight excluding hydrogens is 261 g/mol. The number of carbonyl (C=O) groups is 1. The molecule has 0 unspecified atom stereocenters. The fraction of sp³-hybridized carbons (Fsp3) is 0.636. The number of carbonyl (C=O) groups excluding carboxylic acids is 1. The number of hydrogen-bond acceptors (Lipinski definition) is 5. The molecule has 102 valence electrons. The van der Waals surface area contributed by atoms with Crippen LogP contribution in [0.15, 0.2) is 6.20 Å². The molecule has 2 heterocycles. The Bertz CT molecular complexity index is 397. The van der Waals surface area contributed by atoms with Crippen LogP contribution < -0.4 is 5.32 Å². The Morgan fingerprint density at radius 1 is 1.42 bits per heavy atom. The van der Waals surface area contributed by atoms with Gasteiger partial charge in [0.25, 0.3) is 0 Å². The quantitative estimate of drug-likeness (QED) is 0.614. The SMILES string of the molecule is O=C(NC1CCOCC1)n1cc(CO)c(CO)n1.[NaH]. The molecule has 0 saturated carbocycles. The van der Waals surface area contributed by atoms with Gasteiger partial charge in [0, 0.05) is 31.0 Å². The Morgan fingerprint density at radius 2 is 2.11 bits per heavy atom. The van der Waals surface area contributed by atoms with Crippen molar-refractivity contribution in [2.75, 3.05) is 13.2 Å². The van der Waals surface area contributed by atoms with E-state index < -0.39 is 0 Å². The van der Waals surface area contributed by atoms with Crippen molar-refractivity contribution in [3.8, 4) is 0 Å². The number of aliphatic hydroxyl groups is 2. The summed E-state index contributed by atoms with van der Waals surface area (Å²) in [5, 5.41) is 24.9. The van der Waals surface area contributed by atoms with E-state index >= 15 is 0 Å². The number of hydrogen-bond donors (Lipinski definition) is 3. The monoisotopic (exact) mass is 279 g/mol. The molecule has 1 amide bonds. The Hall–Kier alpha value is -0.440. The zero-order valence-electron chi connectivity index (χ0n) is 10.0. The topological polar surface area (TPSA) is 96.6 Å². The third-order valence-electron chi connectivity index (χ3n) is 2.95. The van der Waals surface area contributed by atoms with Gasteiger partial charge in [-0.05, 0) is 12.8 Å². The van der Waals surface area contributed by atoms with Crippen LogP contribution in [0.5, 0.6) is 0 Å². The minimum atomic E-state index is -0.351. The minimum absolute atomic E-state index is 0. The summed E-state index contributed by atoms with van der Waals surface area (Å²) in [7, 11) is 0. The van der Waals surface area contributed by atoms with Crippen molar-refractivity contribution in [1.29, 1.82) is 0 Å². The molecule has 7 nitrogen and oxygen atoms in total. The molecule has 1 aromatic heterocycles. The van der Waals surface area contributed by atoms with Crippen LogP contribution in [0, 0.1) is 0 Å². The number of aliphatic hydroxyl groups excluding tert-OH is 2. The van der Waals surface area contributed by atoms with E-state index in [-0.39, 0.29) is 54.8 Å². The Labute approximate surface area is 133 Å². The molecule has 0 spiro atoms. The van der Waals surface area contributed by atoms with Gasteiger partial charge in [-0.1, -0.05) is 0 Å².